The molecule has 0 spiro atoms. The van der Waals surface area contributed by atoms with Gasteiger partial charge in [-0.2, -0.15) is 0 Å². The number of nitrogens with zero attached hydrogens (tertiary/aromatic N) is 2. The van der Waals surface area contributed by atoms with Crippen molar-refractivity contribution in [2.24, 2.45) is 5.73 Å². The molecule has 1 atom stereocenters. The molecule has 1 heterocycles. The Morgan fingerprint density at radius 3 is 2.33 bits per heavy atom. The molecule has 1 saturated heterocycles. The lowest BCUT2D eigenvalue weighted by atomic mass is 9.98. The van der Waals surface area contributed by atoms with Crippen molar-refractivity contribution in [3.8, 4) is 0 Å². The van der Waals surface area contributed by atoms with E-state index < -0.39 is 23.5 Å². The van der Waals surface area contributed by atoms with Crippen LogP contribution in [0.4, 0.5) is 13.2 Å². The molecule has 21 heavy (non-hydrogen) atoms. The van der Waals surface area contributed by atoms with Gasteiger partial charge in [0, 0.05) is 30.3 Å². The number of hydrogen-bond acceptors (Lipinski definition) is 3. The zero-order valence-corrected chi connectivity index (χ0v) is 12.5. The van der Waals surface area contributed by atoms with Crippen molar-refractivity contribution in [2.75, 3.05) is 33.7 Å². The maximum Gasteiger partial charge on any atom is 0.161 e. The van der Waals surface area contributed by atoms with E-state index in [1.807, 2.05) is 11.9 Å². The van der Waals surface area contributed by atoms with Crippen LogP contribution in [0.1, 0.15) is 24.4 Å². The van der Waals surface area contributed by atoms with Crippen LogP contribution < -0.4 is 5.73 Å². The predicted molar refractivity (Wildman–Crippen MR) is 76.4 cm³/mol. The van der Waals surface area contributed by atoms with Crippen LogP contribution in [0.5, 0.6) is 0 Å². The molecule has 3 nitrogen and oxygen atoms in total. The lowest BCUT2D eigenvalue weighted by molar-refractivity contribution is 0.108. The smallest absolute Gasteiger partial charge is 0.161 e. The first-order valence-corrected chi connectivity index (χ1v) is 7.19. The van der Waals surface area contributed by atoms with Crippen LogP contribution in [0.2, 0.25) is 0 Å². The summed E-state index contributed by atoms with van der Waals surface area (Å²) >= 11 is 0. The Balaban J connectivity index is 2.21. The number of likely N-dealkylation sites (tertiary alicyclic amines) is 1. The maximum absolute atomic E-state index is 14.0. The first-order valence-electron chi connectivity index (χ1n) is 7.19. The number of piperidine rings is 1. The third-order valence-electron chi connectivity index (χ3n) is 4.38. The van der Waals surface area contributed by atoms with Gasteiger partial charge in [0.25, 0.3) is 0 Å². The number of hydrogen-bond donors (Lipinski definition) is 1. The molecule has 1 fully saturated rings. The van der Waals surface area contributed by atoms with Gasteiger partial charge in [-0.05, 0) is 46.1 Å². The van der Waals surface area contributed by atoms with Gasteiger partial charge >= 0.3 is 0 Å². The minimum Gasteiger partial charge on any atom is -0.329 e. The van der Waals surface area contributed by atoms with E-state index in [2.05, 4.69) is 11.9 Å². The highest BCUT2D eigenvalue weighted by Crippen LogP contribution is 2.28. The summed E-state index contributed by atoms with van der Waals surface area (Å²) in [5.41, 5.74) is 5.88. The van der Waals surface area contributed by atoms with Crippen LogP contribution in [0, 0.1) is 17.5 Å². The van der Waals surface area contributed by atoms with Crippen molar-refractivity contribution < 1.29 is 13.2 Å². The zero-order valence-electron chi connectivity index (χ0n) is 12.5. The Labute approximate surface area is 123 Å². The predicted octanol–water partition coefficient (Wildman–Crippen LogP) is 2.13. The van der Waals surface area contributed by atoms with Crippen molar-refractivity contribution in [1.82, 2.24) is 9.80 Å². The number of halogens is 3. The Kier molecular flexibility index (Phi) is 5.24. The fourth-order valence-electron chi connectivity index (χ4n) is 2.96. The van der Waals surface area contributed by atoms with Gasteiger partial charge in [-0.1, -0.05) is 0 Å². The van der Waals surface area contributed by atoms with Gasteiger partial charge in [0.05, 0.1) is 0 Å². The Hall–Kier alpha value is -1.11. The van der Waals surface area contributed by atoms with Crippen molar-refractivity contribution in [2.45, 2.75) is 24.9 Å². The number of likely N-dealkylation sites (N-methyl/N-ethyl adjacent to an activating group) is 1. The monoisotopic (exact) mass is 301 g/mol. The van der Waals surface area contributed by atoms with Crippen LogP contribution in [0.25, 0.3) is 0 Å². The molecule has 118 valence electrons. The highest BCUT2D eigenvalue weighted by atomic mass is 19.2. The van der Waals surface area contributed by atoms with Crippen LogP contribution in [-0.2, 0) is 0 Å². The molecular weight excluding hydrogens is 279 g/mol. The fourth-order valence-corrected chi connectivity index (χ4v) is 2.96. The quantitative estimate of drug-likeness (QED) is 0.865. The summed E-state index contributed by atoms with van der Waals surface area (Å²) in [5, 5.41) is 0. The van der Waals surface area contributed by atoms with E-state index in [0.29, 0.717) is 6.07 Å². The average molecular weight is 301 g/mol. The largest absolute Gasteiger partial charge is 0.329 e. The van der Waals surface area contributed by atoms with Gasteiger partial charge in [0.1, 0.15) is 5.82 Å². The summed E-state index contributed by atoms with van der Waals surface area (Å²) in [6.07, 6.45) is 1.91. The topological polar surface area (TPSA) is 32.5 Å². The van der Waals surface area contributed by atoms with Gasteiger partial charge in [-0.25, -0.2) is 13.2 Å². The van der Waals surface area contributed by atoms with E-state index in [-0.39, 0.29) is 18.2 Å². The first kappa shape index (κ1) is 16.3. The molecule has 6 heteroatoms. The Morgan fingerprint density at radius 2 is 1.76 bits per heavy atom. The van der Waals surface area contributed by atoms with Crippen LogP contribution in [0.15, 0.2) is 12.1 Å². The first-order chi connectivity index (χ1) is 9.93. The standard InChI is InChI=1S/C15H22F3N3/c1-20-5-3-10(4-6-20)21(2)15(9-19)11-7-13(17)14(18)8-12(11)16/h7-8,10,15H,3-6,9,19H2,1-2H3. The van der Waals surface area contributed by atoms with Crippen molar-refractivity contribution in [1.29, 1.82) is 0 Å². The molecule has 0 amide bonds. The molecule has 2 N–H and O–H groups in total. The van der Waals surface area contributed by atoms with E-state index in [0.717, 1.165) is 32.0 Å². The SMILES string of the molecule is CN1CCC(N(C)C(CN)c2cc(F)c(F)cc2F)CC1. The van der Waals surface area contributed by atoms with E-state index in [4.69, 9.17) is 5.73 Å². The minimum atomic E-state index is -1.17. The van der Waals surface area contributed by atoms with E-state index in [9.17, 15) is 13.2 Å². The van der Waals surface area contributed by atoms with Crippen molar-refractivity contribution in [3.63, 3.8) is 0 Å². The van der Waals surface area contributed by atoms with Crippen molar-refractivity contribution >= 4 is 0 Å². The molecule has 0 aromatic heterocycles. The summed E-state index contributed by atoms with van der Waals surface area (Å²) < 4.78 is 40.4. The van der Waals surface area contributed by atoms with Crippen LogP contribution in [-0.4, -0.2) is 49.6 Å². The molecule has 0 bridgehead atoms. The molecule has 2 rings (SSSR count). The number of nitrogens with two attached hydrogens (primary N) is 1. The minimum absolute atomic E-state index is 0.123. The van der Waals surface area contributed by atoms with E-state index in [1.54, 1.807) is 0 Å². The maximum atomic E-state index is 14.0. The molecular formula is C15H22F3N3. The van der Waals surface area contributed by atoms with E-state index in [1.165, 1.54) is 0 Å². The molecule has 0 saturated carbocycles. The molecule has 1 aliphatic rings. The second kappa shape index (κ2) is 6.77. The molecule has 0 radical (unpaired) electrons. The molecule has 1 aromatic rings. The van der Waals surface area contributed by atoms with Gasteiger partial charge < -0.3 is 10.6 Å². The number of benzene rings is 1. The molecule has 1 unspecified atom stereocenters. The summed E-state index contributed by atoms with van der Waals surface area (Å²) in [7, 11) is 3.93. The second-order valence-corrected chi connectivity index (χ2v) is 5.74. The normalized spacial score (nSPS) is 19.2. The zero-order chi connectivity index (χ0) is 15.6. The van der Waals surface area contributed by atoms with Crippen LogP contribution in [0.3, 0.4) is 0 Å². The lowest BCUT2D eigenvalue weighted by Gasteiger charge is -2.39. The second-order valence-electron chi connectivity index (χ2n) is 5.74. The Morgan fingerprint density at radius 1 is 1.19 bits per heavy atom. The fraction of sp³-hybridized carbons (Fsp3) is 0.600. The molecule has 0 aliphatic carbocycles. The summed E-state index contributed by atoms with van der Waals surface area (Å²) in [4.78, 5) is 4.22. The van der Waals surface area contributed by atoms with Gasteiger partial charge in [-0.15, -0.1) is 0 Å². The number of rotatable bonds is 4. The van der Waals surface area contributed by atoms with Gasteiger partial charge in [0.15, 0.2) is 11.6 Å². The third-order valence-corrected chi connectivity index (χ3v) is 4.38. The summed E-state index contributed by atoms with van der Waals surface area (Å²) in [6, 6.07) is 1.33. The van der Waals surface area contributed by atoms with E-state index >= 15 is 0 Å². The van der Waals surface area contributed by atoms with Gasteiger partial charge in [0.2, 0.25) is 0 Å². The van der Waals surface area contributed by atoms with Crippen LogP contribution >= 0.6 is 0 Å². The van der Waals surface area contributed by atoms with Crippen molar-refractivity contribution in [3.05, 3.63) is 35.1 Å². The average Bonchev–Trinajstić information content (AvgIpc) is 2.45. The van der Waals surface area contributed by atoms with Gasteiger partial charge in [-0.3, -0.25) is 4.90 Å². The molecule has 1 aliphatic heterocycles. The molecule has 1 aromatic carbocycles. The Bertz CT molecular complexity index is 487. The lowest BCUT2D eigenvalue weighted by Crippen LogP contribution is -2.45. The third kappa shape index (κ3) is 3.56. The summed E-state index contributed by atoms with van der Waals surface area (Å²) in [5.74, 6) is -2.96. The highest BCUT2D eigenvalue weighted by molar-refractivity contribution is 5.24. The summed E-state index contributed by atoms with van der Waals surface area (Å²) in [6.45, 7) is 2.09. The highest BCUT2D eigenvalue weighted by Gasteiger charge is 2.28.